The summed E-state index contributed by atoms with van der Waals surface area (Å²) in [4.78, 5) is 22.6. The fourth-order valence-electron chi connectivity index (χ4n) is 1.19. The van der Waals surface area contributed by atoms with E-state index in [9.17, 15) is 27.2 Å². The van der Waals surface area contributed by atoms with Crippen LogP contribution in [0.1, 0.15) is 5.56 Å². The average molecular weight is 252 g/mol. The molecule has 0 amide bonds. The number of hydrogen-bond acceptors (Lipinski definition) is 2. The molecule has 0 radical (unpaired) electrons. The molecular formula is C9H8F4N2O2. The molecule has 8 heteroatoms. The summed E-state index contributed by atoms with van der Waals surface area (Å²) in [7, 11) is 2.25. The molecule has 17 heavy (non-hydrogen) atoms. The Hall–Kier alpha value is -1.86. The fraction of sp³-hybridized carbons (Fsp3) is 0.333. The number of rotatable bonds is 1. The van der Waals surface area contributed by atoms with Gasteiger partial charge in [0.1, 0.15) is 5.83 Å². The second-order valence-corrected chi connectivity index (χ2v) is 3.33. The van der Waals surface area contributed by atoms with Gasteiger partial charge in [-0.25, -0.2) is 9.18 Å². The standard InChI is InChI=1S/C9H8F4N2O2/c1-14-4-5(6(10)3-9(11,12)13)7(16)15(2)8(14)17/h3-4H,1-2H3/b6-3+. The molecule has 1 aromatic rings. The first-order valence-corrected chi connectivity index (χ1v) is 4.35. The molecule has 0 atom stereocenters. The molecule has 0 bridgehead atoms. The highest BCUT2D eigenvalue weighted by molar-refractivity contribution is 5.57. The zero-order valence-electron chi connectivity index (χ0n) is 8.88. The van der Waals surface area contributed by atoms with Gasteiger partial charge in [0.2, 0.25) is 0 Å². The lowest BCUT2D eigenvalue weighted by Gasteiger charge is -2.05. The summed E-state index contributed by atoms with van der Waals surface area (Å²) in [6.07, 6.45) is -4.78. The first kappa shape index (κ1) is 13.2. The molecule has 0 N–H and O–H groups in total. The van der Waals surface area contributed by atoms with Crippen molar-refractivity contribution in [3.8, 4) is 0 Å². The Balaban J connectivity index is 3.50. The highest BCUT2D eigenvalue weighted by Crippen LogP contribution is 2.22. The maximum absolute atomic E-state index is 13.2. The zero-order valence-corrected chi connectivity index (χ0v) is 8.88. The van der Waals surface area contributed by atoms with Crippen molar-refractivity contribution in [3.05, 3.63) is 38.7 Å². The Bertz CT molecular complexity index is 580. The van der Waals surface area contributed by atoms with Crippen molar-refractivity contribution in [3.63, 3.8) is 0 Å². The second-order valence-electron chi connectivity index (χ2n) is 3.33. The molecule has 0 aromatic carbocycles. The Labute approximate surface area is 92.4 Å². The number of nitrogens with zero attached hydrogens (tertiary/aromatic N) is 2. The molecule has 0 aliphatic rings. The monoisotopic (exact) mass is 252 g/mol. The smallest absolute Gasteiger partial charge is 0.303 e. The molecule has 1 rings (SSSR count). The lowest BCUT2D eigenvalue weighted by molar-refractivity contribution is -0.0798. The van der Waals surface area contributed by atoms with E-state index in [0.717, 1.165) is 17.8 Å². The van der Waals surface area contributed by atoms with Crippen LogP contribution in [0.25, 0.3) is 5.83 Å². The highest BCUT2D eigenvalue weighted by Gasteiger charge is 2.26. The molecular weight excluding hydrogens is 244 g/mol. The van der Waals surface area contributed by atoms with Crippen LogP contribution in [0.15, 0.2) is 21.9 Å². The van der Waals surface area contributed by atoms with Crippen LogP contribution in [-0.4, -0.2) is 15.3 Å². The number of halogens is 4. The van der Waals surface area contributed by atoms with Crippen molar-refractivity contribution < 1.29 is 17.6 Å². The minimum atomic E-state index is -4.87. The molecule has 4 nitrogen and oxygen atoms in total. The van der Waals surface area contributed by atoms with Gasteiger partial charge in [-0.15, -0.1) is 0 Å². The molecule has 0 aliphatic heterocycles. The molecule has 1 heterocycles. The van der Waals surface area contributed by atoms with Crippen LogP contribution < -0.4 is 11.2 Å². The summed E-state index contributed by atoms with van der Waals surface area (Å²) >= 11 is 0. The summed E-state index contributed by atoms with van der Waals surface area (Å²) in [5.41, 5.74) is -2.68. The lowest BCUT2D eigenvalue weighted by Crippen LogP contribution is -2.38. The lowest BCUT2D eigenvalue weighted by atomic mass is 10.2. The van der Waals surface area contributed by atoms with Crippen molar-refractivity contribution in [1.82, 2.24) is 9.13 Å². The highest BCUT2D eigenvalue weighted by atomic mass is 19.4. The quantitative estimate of drug-likeness (QED) is 0.699. The van der Waals surface area contributed by atoms with Crippen LogP contribution in [0.4, 0.5) is 17.6 Å². The van der Waals surface area contributed by atoms with Gasteiger partial charge in [-0.1, -0.05) is 0 Å². The van der Waals surface area contributed by atoms with Gasteiger partial charge < -0.3 is 4.57 Å². The number of hydrogen-bond donors (Lipinski definition) is 0. The Morgan fingerprint density at radius 3 is 2.29 bits per heavy atom. The van der Waals surface area contributed by atoms with Crippen molar-refractivity contribution in [2.75, 3.05) is 0 Å². The summed E-state index contributed by atoms with van der Waals surface area (Å²) < 4.78 is 50.3. The van der Waals surface area contributed by atoms with E-state index in [0.29, 0.717) is 4.57 Å². The maximum Gasteiger partial charge on any atom is 0.412 e. The van der Waals surface area contributed by atoms with Crippen LogP contribution in [0.2, 0.25) is 0 Å². The van der Waals surface area contributed by atoms with Gasteiger partial charge in [-0.05, 0) is 0 Å². The van der Waals surface area contributed by atoms with E-state index < -0.39 is 34.9 Å². The molecule has 94 valence electrons. The van der Waals surface area contributed by atoms with Gasteiger partial charge in [-0.3, -0.25) is 9.36 Å². The summed E-state index contributed by atoms with van der Waals surface area (Å²) in [5, 5.41) is 0. The minimum Gasteiger partial charge on any atom is -0.303 e. The first-order chi connectivity index (χ1) is 7.63. The van der Waals surface area contributed by atoms with Crippen LogP contribution >= 0.6 is 0 Å². The molecule has 0 aliphatic carbocycles. The van der Waals surface area contributed by atoms with Gasteiger partial charge in [0.25, 0.3) is 5.56 Å². The fourth-order valence-corrected chi connectivity index (χ4v) is 1.19. The third kappa shape index (κ3) is 2.83. The van der Waals surface area contributed by atoms with Crippen LogP contribution in [-0.2, 0) is 14.1 Å². The molecule has 1 aromatic heterocycles. The Morgan fingerprint density at radius 1 is 1.29 bits per heavy atom. The van der Waals surface area contributed by atoms with Crippen molar-refractivity contribution in [2.24, 2.45) is 14.1 Å². The predicted octanol–water partition coefficient (Wildman–Crippen LogP) is 0.957. The third-order valence-corrected chi connectivity index (χ3v) is 1.99. The van der Waals surface area contributed by atoms with Gasteiger partial charge in [-0.2, -0.15) is 13.2 Å². The van der Waals surface area contributed by atoms with Gasteiger partial charge >= 0.3 is 11.9 Å². The van der Waals surface area contributed by atoms with E-state index >= 15 is 0 Å². The van der Waals surface area contributed by atoms with Crippen LogP contribution in [0.5, 0.6) is 0 Å². The second kappa shape index (κ2) is 4.19. The largest absolute Gasteiger partial charge is 0.412 e. The van der Waals surface area contributed by atoms with E-state index in [4.69, 9.17) is 0 Å². The van der Waals surface area contributed by atoms with Crippen LogP contribution in [0, 0.1) is 0 Å². The van der Waals surface area contributed by atoms with Crippen molar-refractivity contribution in [1.29, 1.82) is 0 Å². The SMILES string of the molecule is Cn1cc(/C(F)=C\C(F)(F)F)c(=O)n(C)c1=O. The molecule has 0 fully saturated rings. The number of alkyl halides is 3. The number of aromatic nitrogens is 2. The van der Waals surface area contributed by atoms with Crippen LogP contribution in [0.3, 0.4) is 0 Å². The van der Waals surface area contributed by atoms with E-state index in [1.54, 1.807) is 0 Å². The maximum atomic E-state index is 13.2. The average Bonchev–Trinajstić information content (AvgIpc) is 2.17. The zero-order chi connectivity index (χ0) is 13.4. The minimum absolute atomic E-state index is 0.527. The molecule has 0 saturated heterocycles. The number of allylic oxidation sites excluding steroid dienone is 1. The topological polar surface area (TPSA) is 44.0 Å². The van der Waals surface area contributed by atoms with E-state index in [1.165, 1.54) is 7.05 Å². The normalized spacial score (nSPS) is 12.9. The summed E-state index contributed by atoms with van der Waals surface area (Å²) in [5.74, 6) is -1.73. The summed E-state index contributed by atoms with van der Waals surface area (Å²) in [6, 6.07) is 0. The van der Waals surface area contributed by atoms with Crippen molar-refractivity contribution >= 4 is 5.83 Å². The first-order valence-electron chi connectivity index (χ1n) is 4.35. The van der Waals surface area contributed by atoms with Gasteiger partial charge in [0.15, 0.2) is 0 Å². The Kier molecular flexibility index (Phi) is 3.25. The van der Waals surface area contributed by atoms with E-state index in [1.807, 2.05) is 0 Å². The Morgan fingerprint density at radius 2 is 1.82 bits per heavy atom. The number of aryl methyl sites for hydroxylation is 1. The van der Waals surface area contributed by atoms with E-state index in [2.05, 4.69) is 0 Å². The van der Waals surface area contributed by atoms with Crippen molar-refractivity contribution in [2.45, 2.75) is 6.18 Å². The molecule has 0 saturated carbocycles. The van der Waals surface area contributed by atoms with Gasteiger partial charge in [0.05, 0.1) is 11.6 Å². The third-order valence-electron chi connectivity index (χ3n) is 1.99. The summed E-state index contributed by atoms with van der Waals surface area (Å²) in [6.45, 7) is 0. The molecule has 0 spiro atoms. The predicted molar refractivity (Wildman–Crippen MR) is 52.1 cm³/mol. The molecule has 0 unspecified atom stereocenters. The van der Waals surface area contributed by atoms with E-state index in [-0.39, 0.29) is 0 Å². The van der Waals surface area contributed by atoms with Gasteiger partial charge in [0, 0.05) is 20.3 Å².